The van der Waals surface area contributed by atoms with Crippen molar-refractivity contribution in [1.82, 2.24) is 20.3 Å². The Bertz CT molecular complexity index is 1010. The van der Waals surface area contributed by atoms with Crippen LogP contribution in [0.4, 0.5) is 5.82 Å². The Morgan fingerprint density at radius 1 is 1.19 bits per heavy atom. The van der Waals surface area contributed by atoms with Crippen LogP contribution in [0, 0.1) is 5.92 Å². The monoisotopic (exact) mass is 421 g/mol. The molecule has 1 fully saturated rings. The van der Waals surface area contributed by atoms with Gasteiger partial charge in [-0.2, -0.15) is 0 Å². The number of carbonyl (C=O) groups excluding carboxylic acids is 2. The molecule has 0 radical (unpaired) electrons. The molecule has 2 aromatic heterocycles. The first-order valence-electron chi connectivity index (χ1n) is 10.6. The summed E-state index contributed by atoms with van der Waals surface area (Å²) in [5.74, 6) is 6.27. The number of nitrogens with one attached hydrogen (secondary N) is 2. The number of amidine groups is 1. The molecule has 2 aromatic rings. The van der Waals surface area contributed by atoms with Crippen LogP contribution in [-0.2, 0) is 17.8 Å². The van der Waals surface area contributed by atoms with Gasteiger partial charge in [-0.05, 0) is 48.6 Å². The normalized spacial score (nSPS) is 16.7. The topological polar surface area (TPSA) is 126 Å². The number of aliphatic imine (C=N–C) groups is 1. The van der Waals surface area contributed by atoms with E-state index in [-0.39, 0.29) is 17.7 Å². The van der Waals surface area contributed by atoms with Gasteiger partial charge in [0.15, 0.2) is 5.84 Å². The fraction of sp³-hybridized carbons (Fsp3) is 0.409. The fourth-order valence-corrected chi connectivity index (χ4v) is 4.25. The quantitative estimate of drug-likeness (QED) is 0.298. The van der Waals surface area contributed by atoms with E-state index in [1.807, 2.05) is 4.90 Å². The van der Waals surface area contributed by atoms with E-state index in [1.165, 1.54) is 0 Å². The van der Waals surface area contributed by atoms with Gasteiger partial charge < -0.3 is 15.6 Å². The number of nitrogens with two attached hydrogens (primary N) is 1. The van der Waals surface area contributed by atoms with E-state index >= 15 is 0 Å². The minimum absolute atomic E-state index is 0.157. The lowest BCUT2D eigenvalue weighted by molar-refractivity contribution is -0.136. The van der Waals surface area contributed by atoms with Crippen molar-refractivity contribution in [2.75, 3.05) is 18.9 Å². The Balaban J connectivity index is 1.48. The lowest BCUT2D eigenvalue weighted by Gasteiger charge is -2.31. The summed E-state index contributed by atoms with van der Waals surface area (Å²) in [6, 6.07) is 6.97. The average Bonchev–Trinajstić information content (AvgIpc) is 3.34. The van der Waals surface area contributed by atoms with Crippen molar-refractivity contribution >= 4 is 23.5 Å². The Morgan fingerprint density at radius 2 is 2.00 bits per heavy atom. The molecule has 9 nitrogen and oxygen atoms in total. The summed E-state index contributed by atoms with van der Waals surface area (Å²) in [6.07, 6.45) is 6.75. The number of hydrogen-bond acceptors (Lipinski definition) is 6. The van der Waals surface area contributed by atoms with Crippen LogP contribution in [0.1, 0.15) is 53.0 Å². The van der Waals surface area contributed by atoms with Crippen LogP contribution in [0.2, 0.25) is 0 Å². The number of fused-ring (bicyclic) bond motifs is 1. The fourth-order valence-electron chi connectivity index (χ4n) is 4.25. The maximum Gasteiger partial charge on any atom is 0.275 e. The highest BCUT2D eigenvalue weighted by molar-refractivity contribution is 6.03. The van der Waals surface area contributed by atoms with Crippen LogP contribution in [0.5, 0.6) is 0 Å². The molecule has 0 unspecified atom stereocenters. The van der Waals surface area contributed by atoms with Crippen molar-refractivity contribution < 1.29 is 9.59 Å². The average molecular weight is 422 g/mol. The Kier molecular flexibility index (Phi) is 6.22. The number of aromatic nitrogens is 2. The molecule has 0 spiro atoms. The van der Waals surface area contributed by atoms with Gasteiger partial charge in [-0.25, -0.2) is 10.8 Å². The zero-order valence-corrected chi connectivity index (χ0v) is 17.6. The lowest BCUT2D eigenvalue weighted by atomic mass is 9.98. The molecular formula is C22H27N7O2. The first kappa shape index (κ1) is 20.9. The molecule has 1 saturated carbocycles. The van der Waals surface area contributed by atoms with Gasteiger partial charge in [-0.15, -0.1) is 0 Å². The molecule has 4 N–H and O–H groups in total. The Hall–Kier alpha value is -3.33. The highest BCUT2D eigenvalue weighted by atomic mass is 16.2. The second-order valence-corrected chi connectivity index (χ2v) is 7.91. The molecule has 2 aliphatic rings. The molecular weight excluding hydrogens is 394 g/mol. The molecule has 0 saturated heterocycles. The predicted octanol–water partition coefficient (Wildman–Crippen LogP) is 1.64. The summed E-state index contributed by atoms with van der Waals surface area (Å²) in [6.45, 7) is 1.24. The smallest absolute Gasteiger partial charge is 0.275 e. The number of pyridine rings is 2. The number of hydrogen-bond donors (Lipinski definition) is 3. The van der Waals surface area contributed by atoms with E-state index in [0.29, 0.717) is 36.1 Å². The third-order valence-electron chi connectivity index (χ3n) is 5.94. The number of amides is 2. The van der Waals surface area contributed by atoms with Crippen LogP contribution in [-0.4, -0.2) is 46.1 Å². The third-order valence-corrected chi connectivity index (χ3v) is 5.94. The predicted molar refractivity (Wildman–Crippen MR) is 117 cm³/mol. The Labute approximate surface area is 181 Å². The molecule has 3 heterocycles. The van der Waals surface area contributed by atoms with Crippen LogP contribution < -0.4 is 16.6 Å². The maximum absolute atomic E-state index is 12.8. The van der Waals surface area contributed by atoms with Gasteiger partial charge in [-0.3, -0.25) is 19.6 Å². The Morgan fingerprint density at radius 3 is 2.74 bits per heavy atom. The van der Waals surface area contributed by atoms with Crippen LogP contribution in [0.3, 0.4) is 0 Å². The third kappa shape index (κ3) is 4.56. The van der Waals surface area contributed by atoms with E-state index in [0.717, 1.165) is 43.2 Å². The van der Waals surface area contributed by atoms with E-state index in [1.54, 1.807) is 37.5 Å². The van der Waals surface area contributed by atoms with Crippen molar-refractivity contribution in [3.63, 3.8) is 0 Å². The van der Waals surface area contributed by atoms with Crippen molar-refractivity contribution in [2.45, 2.75) is 38.6 Å². The summed E-state index contributed by atoms with van der Waals surface area (Å²) in [5, 5.41) is 2.77. The van der Waals surface area contributed by atoms with Crippen molar-refractivity contribution in [1.29, 1.82) is 0 Å². The molecule has 2 amide bonds. The van der Waals surface area contributed by atoms with Gasteiger partial charge in [-0.1, -0.05) is 18.9 Å². The SMILES string of the molecule is CN=C(NN)c1cccc(NC(=O)c2cc3c(cn2)CCN(C(=O)C2CCCC2)C3)n1. The molecule has 0 bridgehead atoms. The molecule has 31 heavy (non-hydrogen) atoms. The summed E-state index contributed by atoms with van der Waals surface area (Å²) in [7, 11) is 1.60. The lowest BCUT2D eigenvalue weighted by Crippen LogP contribution is -2.39. The number of hydrazine groups is 1. The summed E-state index contributed by atoms with van der Waals surface area (Å²) < 4.78 is 0. The highest BCUT2D eigenvalue weighted by Gasteiger charge is 2.29. The molecule has 0 aromatic carbocycles. The summed E-state index contributed by atoms with van der Waals surface area (Å²) in [5.41, 5.74) is 5.35. The number of nitrogens with zero attached hydrogens (tertiary/aromatic N) is 4. The molecule has 162 valence electrons. The van der Waals surface area contributed by atoms with Crippen molar-refractivity contribution in [2.24, 2.45) is 16.8 Å². The van der Waals surface area contributed by atoms with Gasteiger partial charge >= 0.3 is 0 Å². The second kappa shape index (κ2) is 9.22. The standard InChI is InChI=1S/C22H27N7O2/c1-24-20(28-23)17-7-4-8-19(26-17)27-21(30)18-11-16-13-29(10-9-15(16)12-25-18)22(31)14-5-2-3-6-14/h4,7-8,11-12,14H,2-3,5-6,9-10,13,23H2,1H3,(H,24,28)(H,26,27,30). The van der Waals surface area contributed by atoms with Crippen LogP contribution in [0.25, 0.3) is 0 Å². The highest BCUT2D eigenvalue weighted by Crippen LogP contribution is 2.29. The van der Waals surface area contributed by atoms with Gasteiger partial charge in [0.2, 0.25) is 5.91 Å². The van der Waals surface area contributed by atoms with Gasteiger partial charge in [0.25, 0.3) is 5.91 Å². The molecule has 1 aliphatic carbocycles. The number of rotatable bonds is 4. The zero-order chi connectivity index (χ0) is 21.8. The summed E-state index contributed by atoms with van der Waals surface area (Å²) in [4.78, 5) is 40.2. The number of carbonyl (C=O) groups is 2. The maximum atomic E-state index is 12.8. The number of anilines is 1. The minimum atomic E-state index is -0.359. The van der Waals surface area contributed by atoms with Crippen molar-refractivity contribution in [3.8, 4) is 0 Å². The largest absolute Gasteiger partial charge is 0.338 e. The zero-order valence-electron chi connectivity index (χ0n) is 17.6. The second-order valence-electron chi connectivity index (χ2n) is 7.91. The van der Waals surface area contributed by atoms with E-state index < -0.39 is 0 Å². The van der Waals surface area contributed by atoms with Gasteiger partial charge in [0.05, 0.1) is 0 Å². The van der Waals surface area contributed by atoms with Gasteiger partial charge in [0, 0.05) is 32.3 Å². The molecule has 4 rings (SSSR count). The van der Waals surface area contributed by atoms with E-state index in [4.69, 9.17) is 5.84 Å². The molecule has 9 heteroatoms. The van der Waals surface area contributed by atoms with Crippen molar-refractivity contribution in [3.05, 3.63) is 53.0 Å². The van der Waals surface area contributed by atoms with E-state index in [9.17, 15) is 9.59 Å². The van der Waals surface area contributed by atoms with Crippen LogP contribution >= 0.6 is 0 Å². The summed E-state index contributed by atoms with van der Waals surface area (Å²) >= 11 is 0. The van der Waals surface area contributed by atoms with Crippen LogP contribution in [0.15, 0.2) is 35.5 Å². The van der Waals surface area contributed by atoms with E-state index in [2.05, 4.69) is 25.7 Å². The molecule has 0 atom stereocenters. The first-order chi connectivity index (χ1) is 15.1. The minimum Gasteiger partial charge on any atom is -0.338 e. The first-order valence-corrected chi connectivity index (χ1v) is 10.6. The molecule has 1 aliphatic heterocycles. The van der Waals surface area contributed by atoms with Gasteiger partial charge in [0.1, 0.15) is 17.2 Å².